The molecule has 3 aromatic carbocycles. The largest absolute Gasteiger partial charge is 0.352 e. The van der Waals surface area contributed by atoms with Gasteiger partial charge in [-0.2, -0.15) is 4.31 Å². The molecule has 0 bridgehead atoms. The van der Waals surface area contributed by atoms with Gasteiger partial charge in [0.05, 0.1) is 10.9 Å². The topological polar surface area (TPSA) is 66.5 Å². The van der Waals surface area contributed by atoms with E-state index in [4.69, 9.17) is 0 Å². The summed E-state index contributed by atoms with van der Waals surface area (Å²) in [6, 6.07) is 22.3. The Morgan fingerprint density at radius 2 is 1.64 bits per heavy atom. The van der Waals surface area contributed by atoms with Crippen molar-refractivity contribution in [2.75, 3.05) is 6.54 Å². The second-order valence-corrected chi connectivity index (χ2v) is 10.4. The van der Waals surface area contributed by atoms with E-state index >= 15 is 0 Å². The van der Waals surface area contributed by atoms with Crippen LogP contribution in [0.3, 0.4) is 0 Å². The lowest BCUT2D eigenvalue weighted by molar-refractivity contribution is -0.122. The van der Waals surface area contributed by atoms with Crippen LogP contribution in [0.1, 0.15) is 47.2 Å². The van der Waals surface area contributed by atoms with Crippen molar-refractivity contribution in [1.29, 1.82) is 0 Å². The van der Waals surface area contributed by atoms with Crippen LogP contribution in [-0.2, 0) is 34.2 Å². The molecule has 1 aliphatic heterocycles. The Hall–Kier alpha value is -2.96. The molecular formula is C27H30N2O3S. The van der Waals surface area contributed by atoms with E-state index in [1.54, 1.807) is 24.3 Å². The number of carbonyl (C=O) groups excluding carboxylic acids is 1. The molecule has 1 amide bonds. The van der Waals surface area contributed by atoms with Crippen LogP contribution in [0.25, 0.3) is 0 Å². The first kappa shape index (κ1) is 23.2. The van der Waals surface area contributed by atoms with Crippen LogP contribution in [0.4, 0.5) is 0 Å². The number of rotatable bonds is 7. The lowest BCUT2D eigenvalue weighted by Crippen LogP contribution is -2.42. The van der Waals surface area contributed by atoms with E-state index in [-0.39, 0.29) is 17.2 Å². The number of aryl methyl sites for hydroxylation is 2. The lowest BCUT2D eigenvalue weighted by atomic mass is 9.92. The molecular weight excluding hydrogens is 432 g/mol. The Balaban J connectivity index is 1.56. The summed E-state index contributed by atoms with van der Waals surface area (Å²) in [6.45, 7) is 4.80. The van der Waals surface area contributed by atoms with Gasteiger partial charge in [-0.05, 0) is 54.2 Å². The summed E-state index contributed by atoms with van der Waals surface area (Å²) in [7, 11) is -3.74. The number of nitrogens with one attached hydrogen (secondary N) is 1. The fourth-order valence-electron chi connectivity index (χ4n) is 4.31. The molecule has 0 spiro atoms. The average molecular weight is 463 g/mol. The summed E-state index contributed by atoms with van der Waals surface area (Å²) in [5.41, 5.74) is 5.28. The Bertz CT molecular complexity index is 1220. The third-order valence-electron chi connectivity index (χ3n) is 6.29. The van der Waals surface area contributed by atoms with E-state index in [1.165, 1.54) is 9.87 Å². The second-order valence-electron chi connectivity index (χ2n) is 8.54. The van der Waals surface area contributed by atoms with Crippen LogP contribution < -0.4 is 5.32 Å². The first-order valence-corrected chi connectivity index (χ1v) is 12.8. The number of sulfonamides is 1. The molecule has 0 aliphatic carbocycles. The molecule has 0 saturated heterocycles. The zero-order valence-electron chi connectivity index (χ0n) is 19.1. The average Bonchev–Trinajstić information content (AvgIpc) is 2.83. The van der Waals surface area contributed by atoms with Crippen LogP contribution in [0.15, 0.2) is 77.7 Å². The van der Waals surface area contributed by atoms with Crippen LogP contribution in [0, 0.1) is 6.92 Å². The molecule has 0 saturated carbocycles. The summed E-state index contributed by atoms with van der Waals surface area (Å²) >= 11 is 0. The van der Waals surface area contributed by atoms with Crippen molar-refractivity contribution < 1.29 is 13.2 Å². The van der Waals surface area contributed by atoms with Crippen LogP contribution in [0.2, 0.25) is 0 Å². The summed E-state index contributed by atoms with van der Waals surface area (Å²) in [6.07, 6.45) is 1.68. The minimum Gasteiger partial charge on any atom is -0.352 e. The minimum absolute atomic E-state index is 0.0785. The first-order valence-electron chi connectivity index (χ1n) is 11.4. The highest BCUT2D eigenvalue weighted by Gasteiger charge is 2.37. The standard InChI is InChI=1S/C27H30N2O3S/c1-3-21-10-12-22(13-11-21)19-28-27(30)18-26-25-7-5-4-6-23(25)16-17-29(26)33(31,32)24-14-8-20(2)9-15-24/h4-15,26H,3,16-19H2,1-2H3,(H,28,30). The van der Waals surface area contributed by atoms with Gasteiger partial charge in [0.2, 0.25) is 15.9 Å². The second kappa shape index (κ2) is 9.89. The molecule has 1 atom stereocenters. The molecule has 0 fully saturated rings. The maximum Gasteiger partial charge on any atom is 0.243 e. The van der Waals surface area contributed by atoms with Crippen LogP contribution >= 0.6 is 0 Å². The van der Waals surface area contributed by atoms with Crippen molar-refractivity contribution >= 4 is 15.9 Å². The summed E-state index contributed by atoms with van der Waals surface area (Å²) in [4.78, 5) is 13.2. The molecule has 1 heterocycles. The smallest absolute Gasteiger partial charge is 0.243 e. The van der Waals surface area contributed by atoms with E-state index in [1.807, 2.05) is 43.3 Å². The molecule has 33 heavy (non-hydrogen) atoms. The van der Waals surface area contributed by atoms with Gasteiger partial charge >= 0.3 is 0 Å². The van der Waals surface area contributed by atoms with E-state index < -0.39 is 16.1 Å². The van der Waals surface area contributed by atoms with Gasteiger partial charge in [0.25, 0.3) is 0 Å². The highest BCUT2D eigenvalue weighted by Crippen LogP contribution is 2.36. The number of amides is 1. The van der Waals surface area contributed by atoms with Crippen molar-refractivity contribution in [3.8, 4) is 0 Å². The number of benzene rings is 3. The molecule has 172 valence electrons. The zero-order valence-corrected chi connectivity index (χ0v) is 19.9. The van der Waals surface area contributed by atoms with Crippen LogP contribution in [-0.4, -0.2) is 25.2 Å². The fourth-order valence-corrected chi connectivity index (χ4v) is 5.92. The highest BCUT2D eigenvalue weighted by molar-refractivity contribution is 7.89. The summed E-state index contributed by atoms with van der Waals surface area (Å²) in [5, 5.41) is 2.97. The van der Waals surface area contributed by atoms with E-state index in [9.17, 15) is 13.2 Å². The Kier molecular flexibility index (Phi) is 6.96. The van der Waals surface area contributed by atoms with E-state index in [0.29, 0.717) is 19.5 Å². The molecule has 1 aliphatic rings. The summed E-state index contributed by atoms with van der Waals surface area (Å²) in [5.74, 6) is -0.166. The predicted octanol–water partition coefficient (Wildman–Crippen LogP) is 4.55. The molecule has 4 rings (SSSR count). The molecule has 1 unspecified atom stereocenters. The maximum absolute atomic E-state index is 13.5. The third-order valence-corrected chi connectivity index (χ3v) is 8.21. The predicted molar refractivity (Wildman–Crippen MR) is 130 cm³/mol. The van der Waals surface area contributed by atoms with Gasteiger partial charge in [0.1, 0.15) is 0 Å². The van der Waals surface area contributed by atoms with E-state index in [0.717, 1.165) is 28.7 Å². The van der Waals surface area contributed by atoms with Gasteiger partial charge in [0.15, 0.2) is 0 Å². The first-order chi connectivity index (χ1) is 15.9. The number of nitrogens with zero attached hydrogens (tertiary/aromatic N) is 1. The quantitative estimate of drug-likeness (QED) is 0.560. The van der Waals surface area contributed by atoms with Gasteiger partial charge < -0.3 is 5.32 Å². The maximum atomic E-state index is 13.5. The number of hydrogen-bond donors (Lipinski definition) is 1. The van der Waals surface area contributed by atoms with Gasteiger partial charge in [-0.3, -0.25) is 4.79 Å². The van der Waals surface area contributed by atoms with Gasteiger partial charge in [-0.15, -0.1) is 0 Å². The molecule has 0 radical (unpaired) electrons. The zero-order chi connectivity index (χ0) is 23.4. The normalized spacial score (nSPS) is 16.2. The Morgan fingerprint density at radius 1 is 0.970 bits per heavy atom. The number of hydrogen-bond acceptors (Lipinski definition) is 3. The molecule has 5 nitrogen and oxygen atoms in total. The third kappa shape index (κ3) is 5.18. The number of carbonyl (C=O) groups is 1. The molecule has 3 aromatic rings. The van der Waals surface area contributed by atoms with Crippen molar-refractivity contribution in [3.05, 3.63) is 101 Å². The molecule has 0 aromatic heterocycles. The lowest BCUT2D eigenvalue weighted by Gasteiger charge is -2.36. The summed E-state index contributed by atoms with van der Waals surface area (Å²) < 4.78 is 28.6. The monoisotopic (exact) mass is 462 g/mol. The fraction of sp³-hybridized carbons (Fsp3) is 0.296. The Labute approximate surface area is 196 Å². The van der Waals surface area contributed by atoms with Gasteiger partial charge in [-0.25, -0.2) is 8.42 Å². The van der Waals surface area contributed by atoms with Crippen molar-refractivity contribution in [1.82, 2.24) is 9.62 Å². The van der Waals surface area contributed by atoms with Crippen molar-refractivity contribution in [2.24, 2.45) is 0 Å². The molecule has 6 heteroatoms. The molecule has 1 N–H and O–H groups in total. The van der Waals surface area contributed by atoms with Crippen molar-refractivity contribution in [3.63, 3.8) is 0 Å². The van der Waals surface area contributed by atoms with Gasteiger partial charge in [0, 0.05) is 19.5 Å². The van der Waals surface area contributed by atoms with Gasteiger partial charge in [-0.1, -0.05) is 73.2 Å². The van der Waals surface area contributed by atoms with Crippen LogP contribution in [0.5, 0.6) is 0 Å². The van der Waals surface area contributed by atoms with E-state index in [2.05, 4.69) is 24.4 Å². The minimum atomic E-state index is -3.74. The highest BCUT2D eigenvalue weighted by atomic mass is 32.2. The van der Waals surface area contributed by atoms with Crippen molar-refractivity contribution in [2.45, 2.75) is 50.6 Å². The SMILES string of the molecule is CCc1ccc(CNC(=O)CC2c3ccccc3CCN2S(=O)(=O)c2ccc(C)cc2)cc1. The Morgan fingerprint density at radius 3 is 2.33 bits per heavy atom. The number of fused-ring (bicyclic) bond motifs is 1.